The first kappa shape index (κ1) is 16.3. The molecule has 2 atom stereocenters. The van der Waals surface area contributed by atoms with Crippen molar-refractivity contribution in [1.82, 2.24) is 4.90 Å². The van der Waals surface area contributed by atoms with Crippen LogP contribution < -0.4 is 0 Å². The molecular weight excluding hydrogens is 246 g/mol. The summed E-state index contributed by atoms with van der Waals surface area (Å²) in [5.41, 5.74) is 0.189. The molecule has 2 rings (SSSR count). The summed E-state index contributed by atoms with van der Waals surface area (Å²) < 4.78 is 0. The van der Waals surface area contributed by atoms with Gasteiger partial charge in [0, 0.05) is 24.6 Å². The average molecular weight is 281 g/mol. The van der Waals surface area contributed by atoms with Crippen molar-refractivity contribution in [1.29, 1.82) is 0 Å². The standard InChI is InChI=1S/C18H35NO/c1-4-16-7-9-17(10-8-16)19(3)13-18(14-20)11-5-6-15(2)12-18/h15-17,20H,4-14H2,1-3H3. The van der Waals surface area contributed by atoms with E-state index in [4.69, 9.17) is 0 Å². The topological polar surface area (TPSA) is 23.5 Å². The second-order valence-corrected chi connectivity index (χ2v) is 7.86. The van der Waals surface area contributed by atoms with Crippen molar-refractivity contribution >= 4 is 0 Å². The lowest BCUT2D eigenvalue weighted by molar-refractivity contribution is 0.0124. The Morgan fingerprint density at radius 2 is 1.85 bits per heavy atom. The summed E-state index contributed by atoms with van der Waals surface area (Å²) in [6.45, 7) is 6.18. The smallest absolute Gasteiger partial charge is 0.0499 e. The summed E-state index contributed by atoms with van der Waals surface area (Å²) in [5.74, 6) is 1.77. The Labute approximate surface area is 125 Å². The Morgan fingerprint density at radius 1 is 1.15 bits per heavy atom. The number of aliphatic hydroxyl groups excluding tert-OH is 1. The van der Waals surface area contributed by atoms with E-state index in [1.807, 2.05) is 0 Å². The summed E-state index contributed by atoms with van der Waals surface area (Å²) in [5, 5.41) is 9.96. The molecule has 0 radical (unpaired) electrons. The van der Waals surface area contributed by atoms with Crippen molar-refractivity contribution in [3.05, 3.63) is 0 Å². The maximum atomic E-state index is 9.96. The zero-order valence-electron chi connectivity index (χ0n) is 13.9. The third kappa shape index (κ3) is 3.98. The minimum Gasteiger partial charge on any atom is -0.396 e. The number of nitrogens with zero attached hydrogens (tertiary/aromatic N) is 1. The van der Waals surface area contributed by atoms with Crippen LogP contribution in [-0.2, 0) is 0 Å². The van der Waals surface area contributed by atoms with Crippen molar-refractivity contribution in [2.75, 3.05) is 20.2 Å². The second kappa shape index (κ2) is 7.26. The van der Waals surface area contributed by atoms with Gasteiger partial charge in [-0.1, -0.05) is 33.1 Å². The number of hydrogen-bond donors (Lipinski definition) is 1. The zero-order chi connectivity index (χ0) is 14.6. The van der Waals surface area contributed by atoms with Gasteiger partial charge in [0.2, 0.25) is 0 Å². The Morgan fingerprint density at radius 3 is 2.40 bits per heavy atom. The molecule has 2 unspecified atom stereocenters. The zero-order valence-corrected chi connectivity index (χ0v) is 13.9. The van der Waals surface area contributed by atoms with E-state index in [0.29, 0.717) is 6.61 Å². The largest absolute Gasteiger partial charge is 0.396 e. The Hall–Kier alpha value is -0.0800. The molecule has 0 bridgehead atoms. The Bertz CT molecular complexity index is 285. The van der Waals surface area contributed by atoms with E-state index >= 15 is 0 Å². The van der Waals surface area contributed by atoms with Gasteiger partial charge < -0.3 is 10.0 Å². The predicted octanol–water partition coefficient (Wildman–Crippen LogP) is 4.08. The molecule has 20 heavy (non-hydrogen) atoms. The Kier molecular flexibility index (Phi) is 5.92. The maximum Gasteiger partial charge on any atom is 0.0499 e. The second-order valence-electron chi connectivity index (χ2n) is 7.86. The molecule has 2 heteroatoms. The van der Waals surface area contributed by atoms with Gasteiger partial charge in [0.05, 0.1) is 0 Å². The Balaban J connectivity index is 1.87. The molecule has 2 nitrogen and oxygen atoms in total. The van der Waals surface area contributed by atoms with Gasteiger partial charge in [-0.3, -0.25) is 0 Å². The average Bonchev–Trinajstić information content (AvgIpc) is 2.47. The van der Waals surface area contributed by atoms with Gasteiger partial charge in [-0.05, 0) is 57.4 Å². The monoisotopic (exact) mass is 281 g/mol. The van der Waals surface area contributed by atoms with Crippen LogP contribution in [0, 0.1) is 17.3 Å². The molecule has 0 amide bonds. The van der Waals surface area contributed by atoms with Crippen molar-refractivity contribution in [2.24, 2.45) is 17.3 Å². The van der Waals surface area contributed by atoms with Gasteiger partial charge in [0.25, 0.3) is 0 Å². The molecule has 0 saturated heterocycles. The fourth-order valence-electron chi connectivity index (χ4n) is 4.76. The summed E-state index contributed by atoms with van der Waals surface area (Å²) >= 11 is 0. The van der Waals surface area contributed by atoms with Crippen LogP contribution in [0.1, 0.15) is 71.6 Å². The molecule has 0 heterocycles. The summed E-state index contributed by atoms with van der Waals surface area (Å²) in [7, 11) is 2.30. The molecular formula is C18H35NO. The molecule has 118 valence electrons. The highest BCUT2D eigenvalue weighted by atomic mass is 16.3. The molecule has 2 aliphatic carbocycles. The summed E-state index contributed by atoms with van der Waals surface area (Å²) in [6.07, 6.45) is 12.0. The van der Waals surface area contributed by atoms with E-state index in [9.17, 15) is 5.11 Å². The molecule has 0 aliphatic heterocycles. The van der Waals surface area contributed by atoms with Crippen molar-refractivity contribution < 1.29 is 5.11 Å². The van der Waals surface area contributed by atoms with Crippen molar-refractivity contribution in [3.63, 3.8) is 0 Å². The van der Waals surface area contributed by atoms with Gasteiger partial charge >= 0.3 is 0 Å². The SMILES string of the molecule is CCC1CCC(N(C)CC2(CO)CCCC(C)C2)CC1. The van der Waals surface area contributed by atoms with Gasteiger partial charge in [0.1, 0.15) is 0 Å². The van der Waals surface area contributed by atoms with E-state index in [1.165, 1.54) is 57.8 Å². The lowest BCUT2D eigenvalue weighted by atomic mass is 9.70. The quantitative estimate of drug-likeness (QED) is 0.821. The first-order valence-electron chi connectivity index (χ1n) is 8.89. The minimum atomic E-state index is 0.189. The maximum absolute atomic E-state index is 9.96. The van der Waals surface area contributed by atoms with Crippen LogP contribution in [0.2, 0.25) is 0 Å². The lowest BCUT2D eigenvalue weighted by Crippen LogP contribution is -2.46. The van der Waals surface area contributed by atoms with Crippen LogP contribution in [0.3, 0.4) is 0 Å². The van der Waals surface area contributed by atoms with E-state index in [2.05, 4.69) is 25.8 Å². The van der Waals surface area contributed by atoms with Gasteiger partial charge in [-0.2, -0.15) is 0 Å². The summed E-state index contributed by atoms with van der Waals surface area (Å²) in [6, 6.07) is 0.762. The molecule has 0 aromatic carbocycles. The van der Waals surface area contributed by atoms with Crippen LogP contribution in [0.4, 0.5) is 0 Å². The third-order valence-electron chi connectivity index (χ3n) is 6.12. The first-order chi connectivity index (χ1) is 9.58. The van der Waals surface area contributed by atoms with E-state index in [-0.39, 0.29) is 5.41 Å². The highest BCUT2D eigenvalue weighted by Crippen LogP contribution is 2.40. The highest BCUT2D eigenvalue weighted by Gasteiger charge is 2.37. The van der Waals surface area contributed by atoms with Gasteiger partial charge in [-0.15, -0.1) is 0 Å². The molecule has 2 aliphatic rings. The fraction of sp³-hybridized carbons (Fsp3) is 1.00. The molecule has 2 saturated carbocycles. The van der Waals surface area contributed by atoms with Crippen LogP contribution >= 0.6 is 0 Å². The minimum absolute atomic E-state index is 0.189. The van der Waals surface area contributed by atoms with E-state index in [1.54, 1.807) is 0 Å². The number of rotatable bonds is 5. The lowest BCUT2D eigenvalue weighted by Gasteiger charge is -2.44. The van der Waals surface area contributed by atoms with E-state index in [0.717, 1.165) is 24.4 Å². The molecule has 2 fully saturated rings. The number of hydrogen-bond acceptors (Lipinski definition) is 2. The van der Waals surface area contributed by atoms with Crippen LogP contribution in [-0.4, -0.2) is 36.2 Å². The highest BCUT2D eigenvalue weighted by molar-refractivity contribution is 4.89. The van der Waals surface area contributed by atoms with Gasteiger partial charge in [-0.25, -0.2) is 0 Å². The van der Waals surface area contributed by atoms with Crippen molar-refractivity contribution in [2.45, 2.75) is 77.7 Å². The third-order valence-corrected chi connectivity index (χ3v) is 6.12. The molecule has 1 N–H and O–H groups in total. The summed E-state index contributed by atoms with van der Waals surface area (Å²) in [4.78, 5) is 2.58. The molecule has 0 aromatic heterocycles. The molecule has 0 aromatic rings. The van der Waals surface area contributed by atoms with E-state index < -0.39 is 0 Å². The molecule has 0 spiro atoms. The van der Waals surface area contributed by atoms with Gasteiger partial charge in [0.15, 0.2) is 0 Å². The van der Waals surface area contributed by atoms with Crippen LogP contribution in [0.5, 0.6) is 0 Å². The number of aliphatic hydroxyl groups is 1. The predicted molar refractivity (Wildman–Crippen MR) is 85.8 cm³/mol. The van der Waals surface area contributed by atoms with Crippen LogP contribution in [0.25, 0.3) is 0 Å². The van der Waals surface area contributed by atoms with Crippen LogP contribution in [0.15, 0.2) is 0 Å². The normalized spacial score (nSPS) is 39.1. The first-order valence-corrected chi connectivity index (χ1v) is 8.89. The fourth-order valence-corrected chi connectivity index (χ4v) is 4.76. The van der Waals surface area contributed by atoms with Crippen molar-refractivity contribution in [3.8, 4) is 0 Å².